The Labute approximate surface area is 110 Å². The highest BCUT2D eigenvalue weighted by molar-refractivity contribution is 5.45. The number of anilines is 2. The van der Waals surface area contributed by atoms with Crippen LogP contribution >= 0.6 is 0 Å². The van der Waals surface area contributed by atoms with Gasteiger partial charge in [0.1, 0.15) is 11.6 Å². The van der Waals surface area contributed by atoms with E-state index >= 15 is 0 Å². The molecule has 1 fully saturated rings. The van der Waals surface area contributed by atoms with E-state index in [0.29, 0.717) is 0 Å². The monoisotopic (exact) mass is 248 g/mol. The number of pyridine rings is 1. The number of rotatable bonds is 6. The zero-order valence-electron chi connectivity index (χ0n) is 11.4. The number of aromatic nitrogens is 1. The number of hydrogen-bond acceptors (Lipinski definition) is 4. The van der Waals surface area contributed by atoms with Crippen molar-refractivity contribution < 1.29 is 0 Å². The highest BCUT2D eigenvalue weighted by atomic mass is 15.1. The number of likely N-dealkylation sites (tertiary alicyclic amines) is 1. The summed E-state index contributed by atoms with van der Waals surface area (Å²) < 4.78 is 0. The van der Waals surface area contributed by atoms with Crippen molar-refractivity contribution in [2.45, 2.75) is 19.8 Å². The Morgan fingerprint density at radius 1 is 1.33 bits per heavy atom. The average molecular weight is 248 g/mol. The lowest BCUT2D eigenvalue weighted by Gasteiger charge is -2.13. The molecular weight excluding hydrogens is 224 g/mol. The molecule has 18 heavy (non-hydrogen) atoms. The standard InChI is InChI=1S/C14H24N4/c1-3-8-15-13-5-4-6-14(17-13)16-10-12-7-9-18(2)11-12/h4-6,12H,3,7-11H2,1-2H3,(H2,15,16,17). The molecule has 100 valence electrons. The van der Waals surface area contributed by atoms with E-state index in [1.165, 1.54) is 19.5 Å². The van der Waals surface area contributed by atoms with E-state index in [1.807, 2.05) is 18.2 Å². The maximum Gasteiger partial charge on any atom is 0.128 e. The van der Waals surface area contributed by atoms with Crippen LogP contribution in [0.2, 0.25) is 0 Å². The molecule has 1 atom stereocenters. The Morgan fingerprint density at radius 2 is 2.11 bits per heavy atom. The molecule has 0 amide bonds. The fourth-order valence-electron chi connectivity index (χ4n) is 2.33. The molecule has 2 N–H and O–H groups in total. The van der Waals surface area contributed by atoms with Gasteiger partial charge in [-0.2, -0.15) is 0 Å². The van der Waals surface area contributed by atoms with Crippen molar-refractivity contribution in [2.75, 3.05) is 43.9 Å². The minimum atomic E-state index is 0.754. The van der Waals surface area contributed by atoms with Crippen LogP contribution in [-0.2, 0) is 0 Å². The third-order valence-corrected chi connectivity index (χ3v) is 3.37. The lowest BCUT2D eigenvalue weighted by atomic mass is 10.1. The Balaban J connectivity index is 1.81. The van der Waals surface area contributed by atoms with Crippen molar-refractivity contribution in [3.63, 3.8) is 0 Å². The van der Waals surface area contributed by atoms with Crippen LogP contribution in [0.4, 0.5) is 11.6 Å². The van der Waals surface area contributed by atoms with Gasteiger partial charge in [0.15, 0.2) is 0 Å². The number of nitrogens with one attached hydrogen (secondary N) is 2. The summed E-state index contributed by atoms with van der Waals surface area (Å²) in [6, 6.07) is 6.11. The SMILES string of the molecule is CCCNc1cccc(NCC2CCN(C)C2)n1. The smallest absolute Gasteiger partial charge is 0.128 e. The number of hydrogen-bond donors (Lipinski definition) is 2. The molecule has 1 unspecified atom stereocenters. The van der Waals surface area contributed by atoms with E-state index in [0.717, 1.165) is 37.1 Å². The second-order valence-electron chi connectivity index (χ2n) is 5.13. The highest BCUT2D eigenvalue weighted by Gasteiger charge is 2.18. The summed E-state index contributed by atoms with van der Waals surface area (Å²) in [5.41, 5.74) is 0. The minimum absolute atomic E-state index is 0.754. The van der Waals surface area contributed by atoms with E-state index in [-0.39, 0.29) is 0 Å². The van der Waals surface area contributed by atoms with E-state index in [2.05, 4.69) is 34.5 Å². The largest absolute Gasteiger partial charge is 0.370 e. The van der Waals surface area contributed by atoms with Crippen molar-refractivity contribution in [1.29, 1.82) is 0 Å². The first-order chi connectivity index (χ1) is 8.78. The Kier molecular flexibility index (Phi) is 4.81. The minimum Gasteiger partial charge on any atom is -0.370 e. The van der Waals surface area contributed by atoms with Crippen molar-refractivity contribution in [1.82, 2.24) is 9.88 Å². The zero-order chi connectivity index (χ0) is 12.8. The molecule has 0 bridgehead atoms. The third kappa shape index (κ3) is 3.88. The van der Waals surface area contributed by atoms with Crippen LogP contribution < -0.4 is 10.6 Å². The van der Waals surface area contributed by atoms with Gasteiger partial charge in [-0.05, 0) is 44.5 Å². The first kappa shape index (κ1) is 13.1. The second kappa shape index (κ2) is 6.59. The fraction of sp³-hybridized carbons (Fsp3) is 0.643. The zero-order valence-corrected chi connectivity index (χ0v) is 11.4. The van der Waals surface area contributed by atoms with E-state index in [9.17, 15) is 0 Å². The Bertz CT molecular complexity index is 367. The predicted molar refractivity (Wildman–Crippen MR) is 77.1 cm³/mol. The first-order valence-corrected chi connectivity index (χ1v) is 6.91. The van der Waals surface area contributed by atoms with Crippen LogP contribution in [0.15, 0.2) is 18.2 Å². The molecule has 0 saturated carbocycles. The van der Waals surface area contributed by atoms with Crippen LogP contribution in [-0.4, -0.2) is 43.1 Å². The molecule has 1 aliphatic rings. The van der Waals surface area contributed by atoms with Gasteiger partial charge in [-0.1, -0.05) is 13.0 Å². The molecule has 0 aliphatic carbocycles. The normalized spacial score (nSPS) is 20.0. The summed E-state index contributed by atoms with van der Waals surface area (Å²) in [5.74, 6) is 2.69. The molecule has 1 saturated heterocycles. The Hall–Kier alpha value is -1.29. The molecule has 1 aliphatic heterocycles. The number of nitrogens with zero attached hydrogens (tertiary/aromatic N) is 2. The molecule has 1 aromatic rings. The lowest BCUT2D eigenvalue weighted by molar-refractivity contribution is 0.399. The van der Waals surface area contributed by atoms with Gasteiger partial charge < -0.3 is 15.5 Å². The van der Waals surface area contributed by atoms with Crippen LogP contribution in [0, 0.1) is 5.92 Å². The molecular formula is C14H24N4. The molecule has 2 rings (SSSR count). The summed E-state index contributed by atoms with van der Waals surface area (Å²) in [6.45, 7) is 6.57. The van der Waals surface area contributed by atoms with Gasteiger partial charge in [-0.15, -0.1) is 0 Å². The molecule has 2 heterocycles. The van der Waals surface area contributed by atoms with Crippen LogP contribution in [0.3, 0.4) is 0 Å². The van der Waals surface area contributed by atoms with Gasteiger partial charge in [0, 0.05) is 19.6 Å². The maximum atomic E-state index is 4.55. The highest BCUT2D eigenvalue weighted by Crippen LogP contribution is 2.15. The molecule has 0 aromatic carbocycles. The summed E-state index contributed by atoms with van der Waals surface area (Å²) in [7, 11) is 2.19. The summed E-state index contributed by atoms with van der Waals surface area (Å²) in [5, 5.41) is 6.76. The molecule has 0 spiro atoms. The van der Waals surface area contributed by atoms with Crippen LogP contribution in [0.5, 0.6) is 0 Å². The van der Waals surface area contributed by atoms with Crippen molar-refractivity contribution >= 4 is 11.6 Å². The summed E-state index contributed by atoms with van der Waals surface area (Å²) >= 11 is 0. The van der Waals surface area contributed by atoms with Gasteiger partial charge in [-0.3, -0.25) is 0 Å². The first-order valence-electron chi connectivity index (χ1n) is 6.91. The van der Waals surface area contributed by atoms with Crippen molar-refractivity contribution in [2.24, 2.45) is 5.92 Å². The van der Waals surface area contributed by atoms with Gasteiger partial charge in [-0.25, -0.2) is 4.98 Å². The summed E-state index contributed by atoms with van der Waals surface area (Å²) in [6.07, 6.45) is 2.41. The third-order valence-electron chi connectivity index (χ3n) is 3.37. The summed E-state index contributed by atoms with van der Waals surface area (Å²) in [4.78, 5) is 6.94. The predicted octanol–water partition coefficient (Wildman–Crippen LogP) is 2.27. The Morgan fingerprint density at radius 3 is 2.78 bits per heavy atom. The van der Waals surface area contributed by atoms with Crippen LogP contribution in [0.1, 0.15) is 19.8 Å². The molecule has 4 nitrogen and oxygen atoms in total. The van der Waals surface area contributed by atoms with Crippen LogP contribution in [0.25, 0.3) is 0 Å². The fourth-order valence-corrected chi connectivity index (χ4v) is 2.33. The average Bonchev–Trinajstić information content (AvgIpc) is 2.80. The van der Waals surface area contributed by atoms with Gasteiger partial charge in [0.05, 0.1) is 0 Å². The second-order valence-corrected chi connectivity index (χ2v) is 5.13. The van der Waals surface area contributed by atoms with E-state index < -0.39 is 0 Å². The molecule has 4 heteroatoms. The van der Waals surface area contributed by atoms with Crippen molar-refractivity contribution in [3.05, 3.63) is 18.2 Å². The topological polar surface area (TPSA) is 40.2 Å². The lowest BCUT2D eigenvalue weighted by Crippen LogP contribution is -2.19. The molecule has 1 aromatic heterocycles. The maximum absolute atomic E-state index is 4.55. The van der Waals surface area contributed by atoms with Gasteiger partial charge in [0.25, 0.3) is 0 Å². The quantitative estimate of drug-likeness (QED) is 0.810. The van der Waals surface area contributed by atoms with Gasteiger partial charge in [0.2, 0.25) is 0 Å². The van der Waals surface area contributed by atoms with E-state index in [1.54, 1.807) is 0 Å². The van der Waals surface area contributed by atoms with Crippen molar-refractivity contribution in [3.8, 4) is 0 Å². The van der Waals surface area contributed by atoms with Gasteiger partial charge >= 0.3 is 0 Å². The van der Waals surface area contributed by atoms with E-state index in [4.69, 9.17) is 0 Å². The molecule has 0 radical (unpaired) electrons.